The zero-order chi connectivity index (χ0) is 17.1. The molecule has 4 nitrogen and oxygen atoms in total. The molecule has 124 valence electrons. The Labute approximate surface area is 145 Å². The average molecular weight is 344 g/mol. The summed E-state index contributed by atoms with van der Waals surface area (Å²) in [4.78, 5) is 14.2. The molecule has 1 amide bonds. The molecule has 0 aliphatic rings. The zero-order valence-electron chi connectivity index (χ0n) is 13.6. The van der Waals surface area contributed by atoms with Crippen molar-refractivity contribution in [3.8, 4) is 5.75 Å². The van der Waals surface area contributed by atoms with E-state index in [0.29, 0.717) is 29.7 Å². The van der Waals surface area contributed by atoms with Gasteiger partial charge in [0.15, 0.2) is 5.76 Å². The van der Waals surface area contributed by atoms with Crippen LogP contribution >= 0.6 is 11.6 Å². The number of hydrogen-bond acceptors (Lipinski definition) is 3. The van der Waals surface area contributed by atoms with E-state index in [0.717, 1.165) is 16.5 Å². The van der Waals surface area contributed by atoms with E-state index in [1.807, 2.05) is 43.3 Å². The standard InChI is InChI=1S/C19H18ClNO3/c1-13-16-8-3-4-9-17(16)24-18(13)19(22)21(2)10-11-23-15-7-5-6-14(20)12-15/h3-9,12H,10-11H2,1-2H3. The number of benzene rings is 2. The maximum atomic E-state index is 12.6. The Bertz CT molecular complexity index is 872. The number of nitrogens with zero attached hydrogens (tertiary/aromatic N) is 1. The lowest BCUT2D eigenvalue weighted by Crippen LogP contribution is -2.31. The summed E-state index contributed by atoms with van der Waals surface area (Å²) in [5.74, 6) is 0.906. The number of carbonyl (C=O) groups is 1. The molecular formula is C19H18ClNO3. The lowest BCUT2D eigenvalue weighted by atomic mass is 10.1. The summed E-state index contributed by atoms with van der Waals surface area (Å²) in [6.45, 7) is 2.72. The minimum absolute atomic E-state index is 0.154. The van der Waals surface area contributed by atoms with Crippen molar-refractivity contribution in [2.24, 2.45) is 0 Å². The van der Waals surface area contributed by atoms with Crippen molar-refractivity contribution < 1.29 is 13.9 Å². The molecule has 0 saturated heterocycles. The van der Waals surface area contributed by atoms with Gasteiger partial charge in [0, 0.05) is 23.0 Å². The van der Waals surface area contributed by atoms with E-state index in [1.165, 1.54) is 0 Å². The third-order valence-corrected chi connectivity index (χ3v) is 4.11. The maximum Gasteiger partial charge on any atom is 0.289 e. The van der Waals surface area contributed by atoms with E-state index in [4.69, 9.17) is 20.8 Å². The highest BCUT2D eigenvalue weighted by Crippen LogP contribution is 2.25. The minimum atomic E-state index is -0.154. The minimum Gasteiger partial charge on any atom is -0.492 e. The Balaban J connectivity index is 1.64. The van der Waals surface area contributed by atoms with Gasteiger partial charge in [-0.25, -0.2) is 0 Å². The van der Waals surface area contributed by atoms with Crippen molar-refractivity contribution in [2.75, 3.05) is 20.2 Å². The van der Waals surface area contributed by atoms with Crippen LogP contribution in [-0.2, 0) is 0 Å². The lowest BCUT2D eigenvalue weighted by Gasteiger charge is -2.16. The molecule has 1 aromatic heterocycles. The van der Waals surface area contributed by atoms with Gasteiger partial charge in [-0.2, -0.15) is 0 Å². The van der Waals surface area contributed by atoms with Crippen molar-refractivity contribution >= 4 is 28.5 Å². The third-order valence-electron chi connectivity index (χ3n) is 3.88. The Morgan fingerprint density at radius 1 is 1.21 bits per heavy atom. The molecule has 0 fully saturated rings. The predicted octanol–water partition coefficient (Wildman–Crippen LogP) is 4.55. The molecule has 0 N–H and O–H groups in total. The molecule has 3 rings (SSSR count). The first-order valence-electron chi connectivity index (χ1n) is 7.68. The zero-order valence-corrected chi connectivity index (χ0v) is 14.3. The number of carbonyl (C=O) groups excluding carboxylic acids is 1. The molecular weight excluding hydrogens is 326 g/mol. The van der Waals surface area contributed by atoms with Crippen LogP contribution in [0.1, 0.15) is 16.1 Å². The van der Waals surface area contributed by atoms with Gasteiger partial charge < -0.3 is 14.1 Å². The molecule has 1 heterocycles. The van der Waals surface area contributed by atoms with Crippen LogP contribution in [0.4, 0.5) is 0 Å². The van der Waals surface area contributed by atoms with Crippen molar-refractivity contribution in [1.29, 1.82) is 0 Å². The van der Waals surface area contributed by atoms with E-state index in [2.05, 4.69) is 0 Å². The van der Waals surface area contributed by atoms with Gasteiger partial charge in [-0.15, -0.1) is 0 Å². The molecule has 0 radical (unpaired) electrons. The van der Waals surface area contributed by atoms with Gasteiger partial charge in [-0.05, 0) is 31.2 Å². The molecule has 24 heavy (non-hydrogen) atoms. The SMILES string of the molecule is Cc1c(C(=O)N(C)CCOc2cccc(Cl)c2)oc2ccccc12. The first-order chi connectivity index (χ1) is 11.6. The Morgan fingerprint density at radius 3 is 2.75 bits per heavy atom. The number of hydrogen-bond donors (Lipinski definition) is 0. The summed E-state index contributed by atoms with van der Waals surface area (Å²) in [6, 6.07) is 14.8. The Kier molecular flexibility index (Phi) is 4.76. The highest BCUT2D eigenvalue weighted by atomic mass is 35.5. The van der Waals surface area contributed by atoms with Crippen LogP contribution < -0.4 is 4.74 Å². The van der Waals surface area contributed by atoms with Crippen LogP contribution in [-0.4, -0.2) is 31.0 Å². The van der Waals surface area contributed by atoms with Crippen molar-refractivity contribution in [3.63, 3.8) is 0 Å². The molecule has 0 atom stereocenters. The molecule has 0 saturated carbocycles. The van der Waals surface area contributed by atoms with Gasteiger partial charge in [0.05, 0.1) is 6.54 Å². The average Bonchev–Trinajstić information content (AvgIpc) is 2.91. The topological polar surface area (TPSA) is 42.7 Å². The quantitative estimate of drug-likeness (QED) is 0.682. The second-order valence-electron chi connectivity index (χ2n) is 5.58. The smallest absolute Gasteiger partial charge is 0.289 e. The number of rotatable bonds is 5. The van der Waals surface area contributed by atoms with Gasteiger partial charge in [0.25, 0.3) is 5.91 Å². The summed E-state index contributed by atoms with van der Waals surface area (Å²) >= 11 is 5.92. The highest BCUT2D eigenvalue weighted by Gasteiger charge is 2.20. The summed E-state index contributed by atoms with van der Waals surface area (Å²) in [7, 11) is 1.73. The highest BCUT2D eigenvalue weighted by molar-refractivity contribution is 6.30. The normalized spacial score (nSPS) is 10.8. The number of furan rings is 1. The molecule has 2 aromatic carbocycles. The van der Waals surface area contributed by atoms with E-state index in [-0.39, 0.29) is 5.91 Å². The fraction of sp³-hybridized carbons (Fsp3) is 0.211. The van der Waals surface area contributed by atoms with Gasteiger partial charge >= 0.3 is 0 Å². The summed E-state index contributed by atoms with van der Waals surface area (Å²) in [5, 5.41) is 1.58. The Morgan fingerprint density at radius 2 is 2.00 bits per heavy atom. The number of amides is 1. The molecule has 0 unspecified atom stereocenters. The van der Waals surface area contributed by atoms with Gasteiger partial charge in [0.2, 0.25) is 0 Å². The van der Waals surface area contributed by atoms with E-state index in [1.54, 1.807) is 24.1 Å². The fourth-order valence-electron chi connectivity index (χ4n) is 2.51. The second kappa shape index (κ2) is 6.97. The molecule has 0 aliphatic carbocycles. The number of para-hydroxylation sites is 1. The van der Waals surface area contributed by atoms with Gasteiger partial charge in [-0.3, -0.25) is 4.79 Å². The van der Waals surface area contributed by atoms with Crippen molar-refractivity contribution in [3.05, 3.63) is 64.9 Å². The van der Waals surface area contributed by atoms with Crippen LogP contribution in [0.2, 0.25) is 5.02 Å². The number of fused-ring (bicyclic) bond motifs is 1. The Hall–Kier alpha value is -2.46. The number of aryl methyl sites for hydroxylation is 1. The molecule has 0 spiro atoms. The summed E-state index contributed by atoms with van der Waals surface area (Å²) in [6.07, 6.45) is 0. The van der Waals surface area contributed by atoms with Crippen molar-refractivity contribution in [1.82, 2.24) is 4.90 Å². The van der Waals surface area contributed by atoms with Gasteiger partial charge in [0.1, 0.15) is 17.9 Å². The largest absolute Gasteiger partial charge is 0.492 e. The first-order valence-corrected chi connectivity index (χ1v) is 8.06. The van der Waals surface area contributed by atoms with E-state index >= 15 is 0 Å². The van der Waals surface area contributed by atoms with Crippen molar-refractivity contribution in [2.45, 2.75) is 6.92 Å². The van der Waals surface area contributed by atoms with E-state index in [9.17, 15) is 4.79 Å². The molecule has 0 aliphatic heterocycles. The second-order valence-corrected chi connectivity index (χ2v) is 6.02. The van der Waals surface area contributed by atoms with Crippen LogP contribution in [0.25, 0.3) is 11.0 Å². The fourth-order valence-corrected chi connectivity index (χ4v) is 2.69. The number of likely N-dealkylation sites (N-methyl/N-ethyl adjacent to an activating group) is 1. The number of ether oxygens (including phenoxy) is 1. The summed E-state index contributed by atoms with van der Waals surface area (Å²) in [5.41, 5.74) is 1.58. The number of halogens is 1. The van der Waals surface area contributed by atoms with Gasteiger partial charge in [-0.1, -0.05) is 35.9 Å². The van der Waals surface area contributed by atoms with Crippen LogP contribution in [0, 0.1) is 6.92 Å². The first kappa shape index (κ1) is 16.4. The lowest BCUT2D eigenvalue weighted by molar-refractivity contribution is 0.0744. The molecule has 5 heteroatoms. The third kappa shape index (κ3) is 3.39. The molecule has 3 aromatic rings. The van der Waals surface area contributed by atoms with E-state index < -0.39 is 0 Å². The molecule has 0 bridgehead atoms. The van der Waals surface area contributed by atoms with Crippen LogP contribution in [0.5, 0.6) is 5.75 Å². The monoisotopic (exact) mass is 343 g/mol. The van der Waals surface area contributed by atoms with Crippen LogP contribution in [0.3, 0.4) is 0 Å². The summed E-state index contributed by atoms with van der Waals surface area (Å²) < 4.78 is 11.3. The van der Waals surface area contributed by atoms with Crippen LogP contribution in [0.15, 0.2) is 52.9 Å². The predicted molar refractivity (Wildman–Crippen MR) is 94.9 cm³/mol. The maximum absolute atomic E-state index is 12.6.